The standard InChI is InChI=1S/C23H26FN3O4S2/c1-3-11-27(12-4-2)33(29,30)19-8-5-16(6-9-19)22(28)31-18-14-26(15-18)23-25-20-10-7-17(24)13-21(20)32-23/h5-10,13,18H,3-4,11-12,14-15H2,1-2H3. The molecule has 0 atom stereocenters. The van der Waals surface area contributed by atoms with Crippen LogP contribution in [0.5, 0.6) is 0 Å². The number of anilines is 1. The van der Waals surface area contributed by atoms with E-state index in [0.717, 1.165) is 28.2 Å². The number of ether oxygens (including phenoxy) is 1. The number of aromatic nitrogens is 1. The first-order valence-corrected chi connectivity index (χ1v) is 13.2. The Labute approximate surface area is 196 Å². The van der Waals surface area contributed by atoms with Crippen molar-refractivity contribution in [1.82, 2.24) is 9.29 Å². The summed E-state index contributed by atoms with van der Waals surface area (Å²) in [6.07, 6.45) is 1.18. The number of carbonyl (C=O) groups excluding carboxylic acids is 1. The molecule has 1 aliphatic rings. The van der Waals surface area contributed by atoms with Crippen molar-refractivity contribution in [2.75, 3.05) is 31.1 Å². The molecule has 1 saturated heterocycles. The van der Waals surface area contributed by atoms with Crippen LogP contribution in [0.25, 0.3) is 10.2 Å². The van der Waals surface area contributed by atoms with E-state index in [4.69, 9.17) is 4.74 Å². The van der Waals surface area contributed by atoms with Crippen LogP contribution in [0.3, 0.4) is 0 Å². The highest BCUT2D eigenvalue weighted by molar-refractivity contribution is 7.89. The smallest absolute Gasteiger partial charge is 0.338 e. The van der Waals surface area contributed by atoms with E-state index in [1.165, 1.54) is 52.0 Å². The molecule has 0 unspecified atom stereocenters. The van der Waals surface area contributed by atoms with E-state index in [2.05, 4.69) is 4.98 Å². The van der Waals surface area contributed by atoms with Gasteiger partial charge in [0.05, 0.1) is 33.8 Å². The monoisotopic (exact) mass is 491 g/mol. The molecule has 0 saturated carbocycles. The highest BCUT2D eigenvalue weighted by Gasteiger charge is 2.32. The lowest BCUT2D eigenvalue weighted by Crippen LogP contribution is -2.53. The topological polar surface area (TPSA) is 79.8 Å². The molecule has 2 aromatic carbocycles. The molecular weight excluding hydrogens is 465 g/mol. The van der Waals surface area contributed by atoms with Crippen LogP contribution in [-0.4, -0.2) is 56.0 Å². The van der Waals surface area contributed by atoms with Crippen LogP contribution in [0.15, 0.2) is 47.4 Å². The Morgan fingerprint density at radius 3 is 2.45 bits per heavy atom. The molecular formula is C23H26FN3O4S2. The van der Waals surface area contributed by atoms with E-state index in [1.807, 2.05) is 18.7 Å². The van der Waals surface area contributed by atoms with Crippen LogP contribution in [0.1, 0.15) is 37.0 Å². The van der Waals surface area contributed by atoms with Crippen molar-refractivity contribution >= 4 is 42.7 Å². The maximum atomic E-state index is 13.4. The van der Waals surface area contributed by atoms with Gasteiger partial charge in [0, 0.05) is 13.1 Å². The van der Waals surface area contributed by atoms with Crippen LogP contribution in [0, 0.1) is 5.82 Å². The van der Waals surface area contributed by atoms with Gasteiger partial charge in [-0.2, -0.15) is 4.31 Å². The molecule has 0 amide bonds. The lowest BCUT2D eigenvalue weighted by atomic mass is 10.2. The third kappa shape index (κ3) is 5.02. The van der Waals surface area contributed by atoms with Gasteiger partial charge in [0.15, 0.2) is 5.13 Å². The van der Waals surface area contributed by atoms with E-state index in [-0.39, 0.29) is 16.8 Å². The quantitative estimate of drug-likeness (QED) is 0.416. The molecule has 3 aromatic rings. The van der Waals surface area contributed by atoms with Crippen LogP contribution in [0.4, 0.5) is 9.52 Å². The molecule has 0 aliphatic carbocycles. The molecule has 10 heteroatoms. The van der Waals surface area contributed by atoms with Crippen molar-refractivity contribution in [2.24, 2.45) is 0 Å². The number of fused-ring (bicyclic) bond motifs is 1. The van der Waals surface area contributed by atoms with Gasteiger partial charge in [-0.05, 0) is 55.3 Å². The molecule has 176 valence electrons. The summed E-state index contributed by atoms with van der Waals surface area (Å²) in [6.45, 7) is 5.81. The van der Waals surface area contributed by atoms with Gasteiger partial charge in [-0.3, -0.25) is 0 Å². The van der Waals surface area contributed by atoms with Gasteiger partial charge in [-0.25, -0.2) is 22.6 Å². The van der Waals surface area contributed by atoms with Gasteiger partial charge < -0.3 is 9.64 Å². The number of carbonyl (C=O) groups is 1. The zero-order valence-corrected chi connectivity index (χ0v) is 20.2. The van der Waals surface area contributed by atoms with E-state index in [9.17, 15) is 17.6 Å². The number of halogens is 1. The van der Waals surface area contributed by atoms with Crippen molar-refractivity contribution in [3.8, 4) is 0 Å². The fraction of sp³-hybridized carbons (Fsp3) is 0.391. The van der Waals surface area contributed by atoms with Gasteiger partial charge in [0.25, 0.3) is 0 Å². The van der Waals surface area contributed by atoms with E-state index in [1.54, 1.807) is 6.07 Å². The van der Waals surface area contributed by atoms with Crippen LogP contribution >= 0.6 is 11.3 Å². The lowest BCUT2D eigenvalue weighted by Gasteiger charge is -2.38. The molecule has 0 N–H and O–H groups in total. The second kappa shape index (κ2) is 9.74. The van der Waals surface area contributed by atoms with Gasteiger partial charge >= 0.3 is 5.97 Å². The summed E-state index contributed by atoms with van der Waals surface area (Å²) in [6, 6.07) is 10.4. The van der Waals surface area contributed by atoms with Crippen LogP contribution in [0.2, 0.25) is 0 Å². The predicted molar refractivity (Wildman–Crippen MR) is 127 cm³/mol. The third-order valence-corrected chi connectivity index (χ3v) is 8.40. The summed E-state index contributed by atoms with van der Waals surface area (Å²) < 4.78 is 46.9. The minimum Gasteiger partial charge on any atom is -0.455 e. The minimum absolute atomic E-state index is 0.169. The maximum absolute atomic E-state index is 13.4. The van der Waals surface area contributed by atoms with Crippen LogP contribution in [-0.2, 0) is 14.8 Å². The number of hydrogen-bond donors (Lipinski definition) is 0. The zero-order chi connectivity index (χ0) is 23.6. The maximum Gasteiger partial charge on any atom is 0.338 e. The third-order valence-electron chi connectivity index (χ3n) is 5.41. The average molecular weight is 492 g/mol. The Kier molecular flexibility index (Phi) is 6.96. The molecule has 4 rings (SSSR count). The first-order valence-electron chi connectivity index (χ1n) is 10.9. The van der Waals surface area contributed by atoms with E-state index < -0.39 is 16.0 Å². The number of nitrogens with zero attached hydrogens (tertiary/aromatic N) is 3. The molecule has 1 aromatic heterocycles. The summed E-state index contributed by atoms with van der Waals surface area (Å²) in [5.74, 6) is -0.788. The van der Waals surface area contributed by atoms with Gasteiger partial charge in [-0.15, -0.1) is 0 Å². The number of esters is 1. The molecule has 0 bridgehead atoms. The Morgan fingerprint density at radius 1 is 1.15 bits per heavy atom. The second-order valence-corrected chi connectivity index (χ2v) is 10.9. The van der Waals surface area contributed by atoms with Crippen molar-refractivity contribution < 1.29 is 22.3 Å². The Morgan fingerprint density at radius 2 is 1.82 bits per heavy atom. The molecule has 7 nitrogen and oxygen atoms in total. The van der Waals surface area contributed by atoms with Gasteiger partial charge in [0.1, 0.15) is 11.9 Å². The normalized spacial score (nSPS) is 14.6. The number of rotatable bonds is 9. The number of thiazole rings is 1. The van der Waals surface area contributed by atoms with Crippen molar-refractivity contribution in [1.29, 1.82) is 0 Å². The molecule has 0 spiro atoms. The molecule has 2 heterocycles. The molecule has 33 heavy (non-hydrogen) atoms. The Hall–Kier alpha value is -2.56. The number of benzene rings is 2. The Bertz CT molecular complexity index is 1230. The largest absolute Gasteiger partial charge is 0.455 e. The molecule has 0 radical (unpaired) electrons. The van der Waals surface area contributed by atoms with Gasteiger partial charge in [-0.1, -0.05) is 25.2 Å². The predicted octanol–water partition coefficient (Wildman–Crippen LogP) is 4.29. The molecule has 1 aliphatic heterocycles. The number of sulfonamides is 1. The van der Waals surface area contributed by atoms with Crippen LogP contribution < -0.4 is 4.90 Å². The van der Waals surface area contributed by atoms with Crippen molar-refractivity contribution in [2.45, 2.75) is 37.7 Å². The summed E-state index contributed by atoms with van der Waals surface area (Å²) in [5.41, 5.74) is 1.05. The fourth-order valence-electron chi connectivity index (χ4n) is 3.67. The van der Waals surface area contributed by atoms with Crippen molar-refractivity contribution in [3.63, 3.8) is 0 Å². The number of hydrogen-bond acceptors (Lipinski definition) is 7. The highest BCUT2D eigenvalue weighted by Crippen LogP contribution is 2.32. The zero-order valence-electron chi connectivity index (χ0n) is 18.5. The fourth-order valence-corrected chi connectivity index (χ4v) is 6.31. The first-order chi connectivity index (χ1) is 15.8. The SMILES string of the molecule is CCCN(CCC)S(=O)(=O)c1ccc(C(=O)OC2CN(c3nc4ccc(F)cc4s3)C2)cc1. The Balaban J connectivity index is 1.35. The van der Waals surface area contributed by atoms with E-state index in [0.29, 0.717) is 31.7 Å². The summed E-state index contributed by atoms with van der Waals surface area (Å²) in [7, 11) is -3.59. The first kappa shape index (κ1) is 23.6. The average Bonchev–Trinajstić information content (AvgIpc) is 3.18. The highest BCUT2D eigenvalue weighted by atomic mass is 32.2. The summed E-state index contributed by atoms with van der Waals surface area (Å²) in [4.78, 5) is 19.2. The summed E-state index contributed by atoms with van der Waals surface area (Å²) in [5, 5.41) is 0.765. The van der Waals surface area contributed by atoms with E-state index >= 15 is 0 Å². The van der Waals surface area contributed by atoms with Gasteiger partial charge in [0.2, 0.25) is 10.0 Å². The minimum atomic E-state index is -3.59. The lowest BCUT2D eigenvalue weighted by molar-refractivity contribution is 0.0234. The second-order valence-electron chi connectivity index (χ2n) is 7.97. The van der Waals surface area contributed by atoms with Crippen molar-refractivity contribution in [3.05, 3.63) is 53.8 Å². The summed E-state index contributed by atoms with van der Waals surface area (Å²) >= 11 is 1.40. The molecule has 1 fully saturated rings.